The molecule has 196 valence electrons. The van der Waals surface area contributed by atoms with Crippen molar-refractivity contribution in [2.24, 2.45) is 5.92 Å². The Balaban J connectivity index is 2.44. The summed E-state index contributed by atoms with van der Waals surface area (Å²) in [6, 6.07) is 4.01. The van der Waals surface area contributed by atoms with E-state index in [2.05, 4.69) is 20.6 Å². The van der Waals surface area contributed by atoms with E-state index >= 15 is 0 Å². The topological polar surface area (TPSA) is 169 Å². The highest BCUT2D eigenvalue weighted by atomic mass is 32.2. The Morgan fingerprint density at radius 2 is 1.56 bits per heavy atom. The molecular formula is C22H30N6O7S. The van der Waals surface area contributed by atoms with Gasteiger partial charge in [-0.3, -0.25) is 14.9 Å². The largest absolute Gasteiger partial charge is 0.481 e. The van der Waals surface area contributed by atoms with Gasteiger partial charge in [0, 0.05) is 24.7 Å². The number of anilines is 2. The van der Waals surface area contributed by atoms with Crippen molar-refractivity contribution in [1.29, 1.82) is 0 Å². The Labute approximate surface area is 209 Å². The maximum Gasteiger partial charge on any atom is 0.335 e. The molecule has 2 aromatic rings. The van der Waals surface area contributed by atoms with Crippen molar-refractivity contribution in [1.82, 2.24) is 19.6 Å². The highest BCUT2D eigenvalue weighted by Crippen LogP contribution is 2.23. The molecule has 0 bridgehead atoms. The van der Waals surface area contributed by atoms with Crippen molar-refractivity contribution in [3.05, 3.63) is 29.8 Å². The molecule has 13 nitrogen and oxygen atoms in total. The van der Waals surface area contributed by atoms with Crippen LogP contribution in [0.3, 0.4) is 0 Å². The Morgan fingerprint density at radius 1 is 0.972 bits per heavy atom. The van der Waals surface area contributed by atoms with E-state index in [1.54, 1.807) is 27.7 Å². The second kappa shape index (κ2) is 12.2. The number of hydrogen-bond acceptors (Lipinski definition) is 9. The SMILES string of the molecule is CCN(CC)C(=O)c1ccc(NC(=O)C(C)C)cc1S(=O)(=O)NC(=O)Nc1nc(OC)cc(OC)n1. The highest BCUT2D eigenvalue weighted by molar-refractivity contribution is 7.90. The van der Waals surface area contributed by atoms with Crippen LogP contribution in [0.1, 0.15) is 38.1 Å². The van der Waals surface area contributed by atoms with Gasteiger partial charge in [0.25, 0.3) is 15.9 Å². The summed E-state index contributed by atoms with van der Waals surface area (Å²) in [5.41, 5.74) is -0.0210. The van der Waals surface area contributed by atoms with Crippen LogP contribution in [-0.2, 0) is 14.8 Å². The third kappa shape index (κ3) is 7.04. The Kier molecular flexibility index (Phi) is 9.55. The van der Waals surface area contributed by atoms with Gasteiger partial charge in [-0.05, 0) is 32.0 Å². The molecule has 0 fully saturated rings. The molecule has 14 heteroatoms. The number of nitrogens with zero attached hydrogens (tertiary/aromatic N) is 3. The van der Waals surface area contributed by atoms with Crippen LogP contribution in [0, 0.1) is 5.92 Å². The lowest BCUT2D eigenvalue weighted by atomic mass is 10.1. The normalized spacial score (nSPS) is 11.0. The highest BCUT2D eigenvalue weighted by Gasteiger charge is 2.28. The molecule has 0 atom stereocenters. The van der Waals surface area contributed by atoms with E-state index in [-0.39, 0.29) is 40.8 Å². The van der Waals surface area contributed by atoms with Crippen molar-refractivity contribution in [3.63, 3.8) is 0 Å². The summed E-state index contributed by atoms with van der Waals surface area (Å²) in [7, 11) is -1.91. The minimum atomic E-state index is -4.59. The zero-order valence-corrected chi connectivity index (χ0v) is 21.7. The zero-order chi connectivity index (χ0) is 27.0. The minimum Gasteiger partial charge on any atom is -0.481 e. The smallest absolute Gasteiger partial charge is 0.335 e. The van der Waals surface area contributed by atoms with Crippen molar-refractivity contribution < 1.29 is 32.3 Å². The Hall–Kier alpha value is -3.94. The molecule has 0 unspecified atom stereocenters. The number of amides is 4. The molecule has 0 aliphatic rings. The quantitative estimate of drug-likeness (QED) is 0.423. The van der Waals surface area contributed by atoms with E-state index in [1.807, 2.05) is 4.72 Å². The number of urea groups is 1. The van der Waals surface area contributed by atoms with Gasteiger partial charge in [0.1, 0.15) is 4.90 Å². The minimum absolute atomic E-state index is 0.0701. The molecule has 1 aromatic carbocycles. The fourth-order valence-electron chi connectivity index (χ4n) is 2.94. The van der Waals surface area contributed by atoms with Gasteiger partial charge >= 0.3 is 6.03 Å². The van der Waals surface area contributed by atoms with Gasteiger partial charge in [-0.2, -0.15) is 9.97 Å². The molecule has 0 saturated heterocycles. The van der Waals surface area contributed by atoms with Crippen molar-refractivity contribution in [3.8, 4) is 11.8 Å². The van der Waals surface area contributed by atoms with Crippen LogP contribution in [0.15, 0.2) is 29.2 Å². The van der Waals surface area contributed by atoms with Crippen LogP contribution in [0.2, 0.25) is 0 Å². The van der Waals surface area contributed by atoms with Gasteiger partial charge in [-0.15, -0.1) is 0 Å². The lowest BCUT2D eigenvalue weighted by Gasteiger charge is -2.21. The molecule has 1 aromatic heterocycles. The van der Waals surface area contributed by atoms with Gasteiger partial charge in [0.15, 0.2) is 0 Å². The second-order valence-electron chi connectivity index (χ2n) is 7.67. The first-order valence-corrected chi connectivity index (χ1v) is 12.5. The van der Waals surface area contributed by atoms with Crippen LogP contribution in [0.5, 0.6) is 11.8 Å². The number of aromatic nitrogens is 2. The van der Waals surface area contributed by atoms with Crippen LogP contribution >= 0.6 is 0 Å². The summed E-state index contributed by atoms with van der Waals surface area (Å²) in [4.78, 5) is 46.5. The summed E-state index contributed by atoms with van der Waals surface area (Å²) in [6.45, 7) is 7.52. The average molecular weight is 523 g/mol. The molecule has 0 aliphatic carbocycles. The van der Waals surface area contributed by atoms with E-state index < -0.39 is 26.9 Å². The number of nitrogens with one attached hydrogen (secondary N) is 3. The van der Waals surface area contributed by atoms with Gasteiger partial charge in [-0.1, -0.05) is 13.8 Å². The van der Waals surface area contributed by atoms with Crippen molar-refractivity contribution in [2.75, 3.05) is 37.9 Å². The van der Waals surface area contributed by atoms with Crippen LogP contribution in [0.25, 0.3) is 0 Å². The predicted octanol–water partition coefficient (Wildman–Crippen LogP) is 2.08. The van der Waals surface area contributed by atoms with Gasteiger partial charge in [0.05, 0.1) is 25.8 Å². The van der Waals surface area contributed by atoms with Crippen molar-refractivity contribution >= 4 is 39.5 Å². The fourth-order valence-corrected chi connectivity index (χ4v) is 4.07. The molecule has 4 amide bonds. The summed E-state index contributed by atoms with van der Waals surface area (Å²) < 4.78 is 38.3. The summed E-state index contributed by atoms with van der Waals surface area (Å²) in [5, 5.41) is 4.79. The maximum atomic E-state index is 13.2. The monoisotopic (exact) mass is 522 g/mol. The summed E-state index contributed by atoms with van der Waals surface area (Å²) >= 11 is 0. The number of carbonyl (C=O) groups excluding carboxylic acids is 3. The van der Waals surface area contributed by atoms with Crippen molar-refractivity contribution in [2.45, 2.75) is 32.6 Å². The van der Waals surface area contributed by atoms with E-state index in [1.165, 1.54) is 37.3 Å². The zero-order valence-electron chi connectivity index (χ0n) is 20.9. The summed E-state index contributed by atoms with van der Waals surface area (Å²) in [6.07, 6.45) is 0. The third-order valence-corrected chi connectivity index (χ3v) is 6.26. The molecule has 36 heavy (non-hydrogen) atoms. The number of sulfonamides is 1. The van der Waals surface area contributed by atoms with E-state index in [0.29, 0.717) is 13.1 Å². The predicted molar refractivity (Wildman–Crippen MR) is 132 cm³/mol. The van der Waals surface area contributed by atoms with Gasteiger partial charge in [0.2, 0.25) is 23.6 Å². The number of methoxy groups -OCH3 is 2. The van der Waals surface area contributed by atoms with Crippen LogP contribution < -0.4 is 24.8 Å². The van der Waals surface area contributed by atoms with Crippen LogP contribution in [-0.4, -0.2) is 68.4 Å². The van der Waals surface area contributed by atoms with Gasteiger partial charge in [-0.25, -0.2) is 17.9 Å². The third-order valence-electron chi connectivity index (χ3n) is 4.89. The number of hydrogen-bond donors (Lipinski definition) is 3. The van der Waals surface area contributed by atoms with E-state index in [4.69, 9.17) is 9.47 Å². The first-order chi connectivity index (χ1) is 16.9. The van der Waals surface area contributed by atoms with E-state index in [0.717, 1.165) is 6.07 Å². The Bertz CT molecular complexity index is 1210. The van der Waals surface area contributed by atoms with Crippen LogP contribution in [0.4, 0.5) is 16.4 Å². The second-order valence-corrected chi connectivity index (χ2v) is 9.32. The molecule has 0 radical (unpaired) electrons. The first kappa shape index (κ1) is 28.3. The molecular weight excluding hydrogens is 492 g/mol. The average Bonchev–Trinajstić information content (AvgIpc) is 2.83. The number of rotatable bonds is 10. The molecule has 0 spiro atoms. The molecule has 0 aliphatic heterocycles. The number of benzene rings is 1. The number of ether oxygens (including phenoxy) is 2. The van der Waals surface area contributed by atoms with Gasteiger partial charge < -0.3 is 19.7 Å². The standard InChI is InChI=1S/C22H30N6O7S/c1-7-28(8-2)20(30)15-10-9-14(23-19(29)13(3)4)11-16(15)36(32,33)27-22(31)26-21-24-17(34-5)12-18(25-21)35-6/h9-13H,7-8H2,1-6H3,(H,23,29)(H2,24,25,26,27,31). The maximum absolute atomic E-state index is 13.2. The fraction of sp³-hybridized carbons (Fsp3) is 0.409. The molecule has 1 heterocycles. The summed E-state index contributed by atoms with van der Waals surface area (Å²) in [5.74, 6) is -1.41. The molecule has 3 N–H and O–H groups in total. The first-order valence-electron chi connectivity index (χ1n) is 11.0. The molecule has 0 saturated carbocycles. The Morgan fingerprint density at radius 3 is 2.06 bits per heavy atom. The molecule has 2 rings (SSSR count). The lowest BCUT2D eigenvalue weighted by molar-refractivity contribution is -0.118. The lowest BCUT2D eigenvalue weighted by Crippen LogP contribution is -2.37. The number of carbonyl (C=O) groups is 3. The van der Waals surface area contributed by atoms with E-state index in [9.17, 15) is 22.8 Å².